The molecule has 2 aliphatic heterocycles. The zero-order chi connectivity index (χ0) is 37.6. The molecule has 0 bridgehead atoms. The average Bonchev–Trinajstić information content (AvgIpc) is 3.79. The van der Waals surface area contributed by atoms with Gasteiger partial charge in [0.15, 0.2) is 11.3 Å². The van der Waals surface area contributed by atoms with Gasteiger partial charge >= 0.3 is 0 Å². The summed E-state index contributed by atoms with van der Waals surface area (Å²) in [6.07, 6.45) is 8.22. The summed E-state index contributed by atoms with van der Waals surface area (Å²) < 4.78 is 18.5. The Labute approximate surface area is 317 Å². The average molecular weight is 735 g/mol. The van der Waals surface area contributed by atoms with Crippen molar-refractivity contribution in [2.24, 2.45) is 0 Å². The molecular formula is C42H43FN12. The van der Waals surface area contributed by atoms with Crippen LogP contribution in [0, 0.1) is 33.5 Å². The van der Waals surface area contributed by atoms with Crippen LogP contribution in [0.25, 0.3) is 56.0 Å². The first-order valence-corrected chi connectivity index (χ1v) is 19.1. The molecule has 2 aliphatic rings. The fourth-order valence-corrected chi connectivity index (χ4v) is 7.91. The van der Waals surface area contributed by atoms with Gasteiger partial charge in [-0.25, -0.2) is 33.4 Å². The minimum atomic E-state index is -0.301. The number of fused-ring (bicyclic) bond motifs is 4. The van der Waals surface area contributed by atoms with Gasteiger partial charge in [-0.15, -0.1) is 10.2 Å². The third kappa shape index (κ3) is 7.01. The largest absolute Gasteiger partial charge is 0.317 e. The fourth-order valence-electron chi connectivity index (χ4n) is 7.91. The predicted molar refractivity (Wildman–Crippen MR) is 212 cm³/mol. The summed E-state index contributed by atoms with van der Waals surface area (Å²) >= 11 is 0. The number of aromatic nitrogens is 10. The summed E-state index contributed by atoms with van der Waals surface area (Å²) in [5, 5.41) is 25.6. The second-order valence-electron chi connectivity index (χ2n) is 14.9. The third-order valence-corrected chi connectivity index (χ3v) is 10.8. The lowest BCUT2D eigenvalue weighted by atomic mass is 9.90. The molecule has 55 heavy (non-hydrogen) atoms. The SMILES string of the molecule is Cc1cn2nc(-c3cc(F)c4nc(C5CCNCC5)ccc4c3)cc(C)c2n1.Cc1cn2nc(-c3nnc4cc(C5CCNCC5)ccc4n3)cc(C)c2n1. The Hall–Kier alpha value is -5.79. The molecule has 10 rings (SSSR count). The van der Waals surface area contributed by atoms with Crippen LogP contribution in [-0.4, -0.2) is 75.5 Å². The maximum atomic E-state index is 15.0. The van der Waals surface area contributed by atoms with Gasteiger partial charge in [-0.2, -0.15) is 10.2 Å². The predicted octanol–water partition coefficient (Wildman–Crippen LogP) is 6.99. The third-order valence-electron chi connectivity index (χ3n) is 10.8. The first-order chi connectivity index (χ1) is 26.8. The molecule has 2 N–H and O–H groups in total. The van der Waals surface area contributed by atoms with E-state index in [1.807, 2.05) is 70.4 Å². The van der Waals surface area contributed by atoms with Crippen molar-refractivity contribution in [1.82, 2.24) is 60.0 Å². The zero-order valence-electron chi connectivity index (χ0n) is 31.5. The minimum absolute atomic E-state index is 0.301. The maximum Gasteiger partial charge on any atom is 0.202 e. The lowest BCUT2D eigenvalue weighted by Crippen LogP contribution is -2.27. The zero-order valence-corrected chi connectivity index (χ0v) is 31.5. The van der Waals surface area contributed by atoms with Crippen LogP contribution in [0.3, 0.4) is 0 Å². The topological polar surface area (TPSA) is 136 Å². The summed E-state index contributed by atoms with van der Waals surface area (Å²) in [7, 11) is 0. The number of imidazole rings is 2. The van der Waals surface area contributed by atoms with Crippen LogP contribution in [0.1, 0.15) is 71.3 Å². The van der Waals surface area contributed by atoms with E-state index in [1.165, 1.54) is 5.56 Å². The number of aryl methyl sites for hydroxylation is 4. The molecule has 8 heterocycles. The van der Waals surface area contributed by atoms with Crippen molar-refractivity contribution in [3.63, 3.8) is 0 Å². The number of benzene rings is 2. The quantitative estimate of drug-likeness (QED) is 0.195. The van der Waals surface area contributed by atoms with Gasteiger partial charge < -0.3 is 10.6 Å². The van der Waals surface area contributed by atoms with E-state index in [0.29, 0.717) is 28.9 Å². The highest BCUT2D eigenvalue weighted by Gasteiger charge is 2.19. The molecule has 6 aromatic heterocycles. The molecule has 0 saturated carbocycles. The lowest BCUT2D eigenvalue weighted by molar-refractivity contribution is 0.454. The molecule has 2 saturated heterocycles. The van der Waals surface area contributed by atoms with Crippen LogP contribution in [0.4, 0.5) is 4.39 Å². The van der Waals surface area contributed by atoms with Gasteiger partial charge in [0.2, 0.25) is 5.82 Å². The molecule has 0 spiro atoms. The van der Waals surface area contributed by atoms with Crippen LogP contribution in [0.15, 0.2) is 67.0 Å². The van der Waals surface area contributed by atoms with Crippen molar-refractivity contribution in [1.29, 1.82) is 0 Å². The molecule has 0 unspecified atom stereocenters. The Morgan fingerprint density at radius 3 is 1.95 bits per heavy atom. The van der Waals surface area contributed by atoms with Gasteiger partial charge in [0, 0.05) is 22.6 Å². The number of nitrogens with one attached hydrogen (secondary N) is 2. The molecule has 12 nitrogen and oxygen atoms in total. The number of halogens is 1. The number of rotatable bonds is 4. The molecule has 8 aromatic rings. The second-order valence-corrected chi connectivity index (χ2v) is 14.9. The smallest absolute Gasteiger partial charge is 0.202 e. The monoisotopic (exact) mass is 734 g/mol. The Balaban J connectivity index is 0.000000144. The van der Waals surface area contributed by atoms with Crippen LogP contribution in [0.5, 0.6) is 0 Å². The summed E-state index contributed by atoms with van der Waals surface area (Å²) in [6, 6.07) is 17.8. The summed E-state index contributed by atoms with van der Waals surface area (Å²) in [4.78, 5) is 18.3. The highest BCUT2D eigenvalue weighted by atomic mass is 19.1. The normalized spacial score (nSPS) is 15.6. The Bertz CT molecular complexity index is 2710. The van der Waals surface area contributed by atoms with Crippen molar-refractivity contribution in [2.45, 2.75) is 65.2 Å². The van der Waals surface area contributed by atoms with Crippen molar-refractivity contribution >= 4 is 33.2 Å². The van der Waals surface area contributed by atoms with Crippen molar-refractivity contribution in [2.75, 3.05) is 26.2 Å². The molecule has 0 radical (unpaired) electrons. The summed E-state index contributed by atoms with van der Waals surface area (Å²) in [5.74, 6) is 1.23. The fraction of sp³-hybridized carbons (Fsp3) is 0.333. The minimum Gasteiger partial charge on any atom is -0.317 e. The van der Waals surface area contributed by atoms with Crippen molar-refractivity contribution in [3.8, 4) is 22.8 Å². The second kappa shape index (κ2) is 14.5. The van der Waals surface area contributed by atoms with Crippen LogP contribution < -0.4 is 10.6 Å². The van der Waals surface area contributed by atoms with Crippen molar-refractivity contribution < 1.29 is 4.39 Å². The van der Waals surface area contributed by atoms with E-state index in [-0.39, 0.29) is 5.82 Å². The summed E-state index contributed by atoms with van der Waals surface area (Å²) in [6.45, 7) is 12.1. The molecule has 13 heteroatoms. The van der Waals surface area contributed by atoms with E-state index in [9.17, 15) is 4.39 Å². The first-order valence-electron chi connectivity index (χ1n) is 19.1. The number of pyridine rings is 1. The van der Waals surface area contributed by atoms with E-state index >= 15 is 0 Å². The highest BCUT2D eigenvalue weighted by molar-refractivity contribution is 5.85. The molecular weight excluding hydrogens is 692 g/mol. The van der Waals surface area contributed by atoms with Gasteiger partial charge in [-0.1, -0.05) is 12.1 Å². The first kappa shape index (κ1) is 34.9. The van der Waals surface area contributed by atoms with E-state index < -0.39 is 0 Å². The van der Waals surface area contributed by atoms with Crippen LogP contribution in [0.2, 0.25) is 0 Å². The molecule has 2 fully saturated rings. The Morgan fingerprint density at radius 1 is 0.618 bits per heavy atom. The van der Waals surface area contributed by atoms with E-state index in [2.05, 4.69) is 64.2 Å². The number of piperidine rings is 2. The number of hydrogen-bond acceptors (Lipinski definition) is 10. The van der Waals surface area contributed by atoms with E-state index in [0.717, 1.165) is 119 Å². The van der Waals surface area contributed by atoms with E-state index in [4.69, 9.17) is 4.98 Å². The van der Waals surface area contributed by atoms with Gasteiger partial charge in [0.1, 0.15) is 22.5 Å². The molecule has 0 amide bonds. The van der Waals surface area contributed by atoms with E-state index in [1.54, 1.807) is 15.1 Å². The number of hydrogen-bond donors (Lipinski definition) is 2. The highest BCUT2D eigenvalue weighted by Crippen LogP contribution is 2.31. The van der Waals surface area contributed by atoms with Crippen LogP contribution >= 0.6 is 0 Å². The maximum absolute atomic E-state index is 15.0. The molecule has 278 valence electrons. The van der Waals surface area contributed by atoms with Gasteiger partial charge in [-0.05, 0) is 145 Å². The Morgan fingerprint density at radius 2 is 1.25 bits per heavy atom. The molecule has 0 aliphatic carbocycles. The van der Waals surface area contributed by atoms with Crippen LogP contribution in [-0.2, 0) is 0 Å². The van der Waals surface area contributed by atoms with Gasteiger partial charge in [0.25, 0.3) is 0 Å². The van der Waals surface area contributed by atoms with Gasteiger partial charge in [0.05, 0.1) is 35.0 Å². The lowest BCUT2D eigenvalue weighted by Gasteiger charge is -2.22. The molecule has 0 atom stereocenters. The number of nitrogens with zero attached hydrogens (tertiary/aromatic N) is 10. The Kier molecular flexibility index (Phi) is 9.19. The summed E-state index contributed by atoms with van der Waals surface area (Å²) in [5.41, 5.74) is 12.2. The van der Waals surface area contributed by atoms with Gasteiger partial charge in [-0.3, -0.25) is 0 Å². The standard InChI is InChI=1S/C22H22FN5.C20H21N7/c1-13-9-20(27-28-12-14(2)25-22(13)28)17-10-16-3-4-19(15-5-7-24-8-6-15)26-21(16)18(23)11-17;1-12-9-18(26-27-11-13(2)22-20(12)27)19-23-16-4-3-15(10-17(16)24-25-19)14-5-7-21-8-6-14/h3-4,9-12,15,24H,5-8H2,1-2H3;3-4,9-11,14,21H,5-8H2,1-2H3. The van der Waals surface area contributed by atoms with Crippen molar-refractivity contribution in [3.05, 3.63) is 107 Å². The molecule has 2 aromatic carbocycles.